The van der Waals surface area contributed by atoms with Crippen molar-refractivity contribution in [3.05, 3.63) is 23.0 Å². The van der Waals surface area contributed by atoms with Gasteiger partial charge in [0.15, 0.2) is 0 Å². The Bertz CT molecular complexity index is 893. The van der Waals surface area contributed by atoms with Crippen LogP contribution in [0.1, 0.15) is 35.7 Å². The topological polar surface area (TPSA) is 71.7 Å². The molecule has 158 valence electrons. The van der Waals surface area contributed by atoms with Crippen molar-refractivity contribution in [3.63, 3.8) is 0 Å². The number of nitrogens with zero attached hydrogens (tertiary/aromatic N) is 4. The second-order valence-electron chi connectivity index (χ2n) is 7.61. The molecular formula is C19H23F3N4O3. The maximum absolute atomic E-state index is 13.6. The number of morpholine rings is 1. The molecule has 1 unspecified atom stereocenters. The lowest BCUT2D eigenvalue weighted by Crippen LogP contribution is -2.47. The third-order valence-electron chi connectivity index (χ3n) is 5.60. The molecule has 29 heavy (non-hydrogen) atoms. The summed E-state index contributed by atoms with van der Waals surface area (Å²) in [6.07, 6.45) is -3.15. The maximum Gasteiger partial charge on any atom is 0.417 e. The summed E-state index contributed by atoms with van der Waals surface area (Å²) in [5.74, 6) is -0.280. The van der Waals surface area contributed by atoms with E-state index in [9.17, 15) is 18.0 Å². The lowest BCUT2D eigenvalue weighted by molar-refractivity contribution is -0.137. The van der Waals surface area contributed by atoms with Crippen molar-refractivity contribution in [2.75, 3.05) is 45.9 Å². The van der Waals surface area contributed by atoms with E-state index >= 15 is 0 Å². The molecule has 0 saturated carbocycles. The summed E-state index contributed by atoms with van der Waals surface area (Å²) < 4.78 is 51.2. The number of fused-ring (bicyclic) bond motifs is 1. The van der Waals surface area contributed by atoms with E-state index in [-0.39, 0.29) is 28.6 Å². The maximum atomic E-state index is 13.6. The summed E-state index contributed by atoms with van der Waals surface area (Å²) in [4.78, 5) is 20.8. The third-order valence-corrected chi connectivity index (χ3v) is 5.60. The van der Waals surface area contributed by atoms with Gasteiger partial charge in [-0.15, -0.1) is 0 Å². The van der Waals surface area contributed by atoms with Gasteiger partial charge in [-0.1, -0.05) is 5.16 Å². The number of hydrogen-bond acceptors (Lipinski definition) is 6. The van der Waals surface area contributed by atoms with Gasteiger partial charge in [-0.25, -0.2) is 4.98 Å². The molecule has 2 saturated heterocycles. The van der Waals surface area contributed by atoms with Crippen molar-refractivity contribution < 1.29 is 27.2 Å². The van der Waals surface area contributed by atoms with E-state index in [1.54, 1.807) is 4.90 Å². The van der Waals surface area contributed by atoms with Crippen molar-refractivity contribution in [1.82, 2.24) is 19.9 Å². The molecule has 0 aliphatic carbocycles. The average Bonchev–Trinajstić information content (AvgIpc) is 3.08. The Balaban J connectivity index is 1.55. The first-order valence-corrected chi connectivity index (χ1v) is 9.75. The Hall–Kier alpha value is -2.20. The predicted octanol–water partition coefficient (Wildman–Crippen LogP) is 2.59. The zero-order chi connectivity index (χ0) is 20.6. The van der Waals surface area contributed by atoms with Gasteiger partial charge in [0.05, 0.1) is 42.1 Å². The number of aryl methyl sites for hydroxylation is 1. The largest absolute Gasteiger partial charge is 0.417 e. The van der Waals surface area contributed by atoms with E-state index in [1.807, 2.05) is 4.90 Å². The quantitative estimate of drug-likeness (QED) is 0.772. The first-order valence-electron chi connectivity index (χ1n) is 9.75. The van der Waals surface area contributed by atoms with Gasteiger partial charge in [0.25, 0.3) is 5.71 Å². The Morgan fingerprint density at radius 1 is 1.28 bits per heavy atom. The number of piperidine rings is 1. The van der Waals surface area contributed by atoms with E-state index in [1.165, 1.54) is 6.92 Å². The van der Waals surface area contributed by atoms with Gasteiger partial charge in [0, 0.05) is 32.1 Å². The number of amides is 1. The highest BCUT2D eigenvalue weighted by Gasteiger charge is 2.37. The second kappa shape index (κ2) is 7.91. The molecule has 4 rings (SSSR count). The van der Waals surface area contributed by atoms with Crippen LogP contribution in [-0.4, -0.2) is 71.8 Å². The van der Waals surface area contributed by atoms with Crippen LogP contribution in [0.3, 0.4) is 0 Å². The van der Waals surface area contributed by atoms with Gasteiger partial charge >= 0.3 is 6.18 Å². The van der Waals surface area contributed by atoms with Gasteiger partial charge in [-0.05, 0) is 25.8 Å². The zero-order valence-corrected chi connectivity index (χ0v) is 16.2. The number of carbonyl (C=O) groups excluding carboxylic acids is 1. The van der Waals surface area contributed by atoms with Crippen molar-refractivity contribution in [2.24, 2.45) is 0 Å². The van der Waals surface area contributed by atoms with Crippen LogP contribution in [0.2, 0.25) is 0 Å². The van der Waals surface area contributed by atoms with E-state index in [4.69, 9.17) is 9.26 Å². The van der Waals surface area contributed by atoms with E-state index in [0.29, 0.717) is 58.1 Å². The van der Waals surface area contributed by atoms with Crippen LogP contribution in [0.15, 0.2) is 10.6 Å². The molecule has 2 aliphatic rings. The molecule has 0 radical (unpaired) electrons. The summed E-state index contributed by atoms with van der Waals surface area (Å²) in [5.41, 5.74) is -0.431. The first kappa shape index (κ1) is 20.1. The van der Waals surface area contributed by atoms with E-state index in [0.717, 1.165) is 12.5 Å². The summed E-state index contributed by atoms with van der Waals surface area (Å²) in [5, 5.41) is 3.55. The van der Waals surface area contributed by atoms with Gasteiger partial charge < -0.3 is 14.2 Å². The molecule has 4 heterocycles. The molecule has 0 spiro atoms. The monoisotopic (exact) mass is 412 g/mol. The van der Waals surface area contributed by atoms with Crippen molar-refractivity contribution >= 4 is 17.0 Å². The van der Waals surface area contributed by atoms with Gasteiger partial charge in [-0.2, -0.15) is 13.2 Å². The predicted molar refractivity (Wildman–Crippen MR) is 97.4 cm³/mol. The van der Waals surface area contributed by atoms with Crippen molar-refractivity contribution in [2.45, 2.75) is 31.9 Å². The van der Waals surface area contributed by atoms with Crippen LogP contribution >= 0.6 is 0 Å². The number of ether oxygens (including phenoxy) is 1. The number of hydrogen-bond donors (Lipinski definition) is 0. The van der Waals surface area contributed by atoms with Crippen LogP contribution < -0.4 is 0 Å². The summed E-state index contributed by atoms with van der Waals surface area (Å²) in [6.45, 7) is 5.36. The Labute approximate surface area is 165 Å². The van der Waals surface area contributed by atoms with Crippen LogP contribution in [0.4, 0.5) is 13.2 Å². The molecule has 2 fully saturated rings. The van der Waals surface area contributed by atoms with E-state index in [2.05, 4.69) is 10.1 Å². The molecular weight excluding hydrogens is 389 g/mol. The third kappa shape index (κ3) is 4.23. The number of rotatable bonds is 3. The standard InChI is InChI=1S/C19H23F3N4O3/c1-12-17-14(19(20,21)22)9-15(23-18(17)29-24-12)13-3-2-4-26(10-13)16(27)11-25-5-7-28-8-6-25/h9,13H,2-8,10-11H2,1H3. The van der Waals surface area contributed by atoms with E-state index < -0.39 is 11.7 Å². The first-order chi connectivity index (χ1) is 13.8. The molecule has 1 atom stereocenters. The number of carbonyl (C=O) groups is 1. The minimum atomic E-state index is -4.53. The minimum absolute atomic E-state index is 0.00997. The Morgan fingerprint density at radius 2 is 2.03 bits per heavy atom. The lowest BCUT2D eigenvalue weighted by atomic mass is 9.92. The summed E-state index contributed by atoms with van der Waals surface area (Å²) in [7, 11) is 0. The normalized spacial score (nSPS) is 21.7. The van der Waals surface area contributed by atoms with Crippen molar-refractivity contribution in [3.8, 4) is 0 Å². The Morgan fingerprint density at radius 3 is 2.76 bits per heavy atom. The lowest BCUT2D eigenvalue weighted by Gasteiger charge is -2.35. The number of pyridine rings is 1. The molecule has 2 aromatic heterocycles. The van der Waals surface area contributed by atoms with Crippen LogP contribution in [-0.2, 0) is 15.7 Å². The average molecular weight is 412 g/mol. The van der Waals surface area contributed by atoms with Gasteiger partial charge in [0.2, 0.25) is 5.91 Å². The van der Waals surface area contributed by atoms with Gasteiger partial charge in [0.1, 0.15) is 0 Å². The molecule has 0 bridgehead atoms. The highest BCUT2D eigenvalue weighted by molar-refractivity contribution is 5.81. The second-order valence-corrected chi connectivity index (χ2v) is 7.61. The summed E-state index contributed by atoms with van der Waals surface area (Å²) in [6, 6.07) is 1.09. The number of halogens is 3. The SMILES string of the molecule is Cc1noc2nc(C3CCCN(C(=O)CN4CCOCC4)C3)cc(C(F)(F)F)c12. The smallest absolute Gasteiger partial charge is 0.379 e. The fourth-order valence-electron chi connectivity index (χ4n) is 4.04. The fraction of sp³-hybridized carbons (Fsp3) is 0.632. The molecule has 7 nitrogen and oxygen atoms in total. The fourth-order valence-corrected chi connectivity index (χ4v) is 4.04. The Kier molecular flexibility index (Phi) is 5.48. The summed E-state index contributed by atoms with van der Waals surface area (Å²) >= 11 is 0. The zero-order valence-electron chi connectivity index (χ0n) is 16.2. The molecule has 2 aliphatic heterocycles. The molecule has 1 amide bonds. The van der Waals surface area contributed by atoms with Gasteiger partial charge in [-0.3, -0.25) is 9.69 Å². The number of aromatic nitrogens is 2. The molecule has 0 N–H and O–H groups in total. The number of likely N-dealkylation sites (tertiary alicyclic amines) is 1. The van der Waals surface area contributed by atoms with Crippen LogP contribution in [0.25, 0.3) is 11.1 Å². The minimum Gasteiger partial charge on any atom is -0.379 e. The van der Waals surface area contributed by atoms with Crippen LogP contribution in [0.5, 0.6) is 0 Å². The highest BCUT2D eigenvalue weighted by atomic mass is 19.4. The number of alkyl halides is 3. The molecule has 2 aromatic rings. The van der Waals surface area contributed by atoms with Crippen LogP contribution in [0, 0.1) is 6.92 Å². The molecule has 0 aromatic carbocycles. The molecule has 10 heteroatoms. The van der Waals surface area contributed by atoms with Crippen molar-refractivity contribution in [1.29, 1.82) is 0 Å². The highest BCUT2D eigenvalue weighted by Crippen LogP contribution is 2.38.